The predicted molar refractivity (Wildman–Crippen MR) is 91.7 cm³/mol. The van der Waals surface area contributed by atoms with Crippen molar-refractivity contribution < 1.29 is 4.39 Å². The van der Waals surface area contributed by atoms with E-state index in [1.165, 1.54) is 31.2 Å². The monoisotopic (exact) mass is 296 g/mol. The van der Waals surface area contributed by atoms with Crippen molar-refractivity contribution in [3.63, 3.8) is 0 Å². The van der Waals surface area contributed by atoms with Crippen LogP contribution in [0.25, 0.3) is 11.1 Å². The van der Waals surface area contributed by atoms with E-state index in [4.69, 9.17) is 0 Å². The molecule has 0 nitrogen and oxygen atoms in total. The number of hydrogen-bond donors (Lipinski definition) is 0. The fraction of sp³-hybridized carbons (Fsp3) is 0.429. The van der Waals surface area contributed by atoms with Crippen molar-refractivity contribution in [1.82, 2.24) is 0 Å². The van der Waals surface area contributed by atoms with E-state index in [9.17, 15) is 4.39 Å². The van der Waals surface area contributed by atoms with E-state index in [-0.39, 0.29) is 5.82 Å². The maximum Gasteiger partial charge on any atom is 0.126 e. The molecule has 0 atom stereocenters. The maximum absolute atomic E-state index is 13.9. The number of benzene rings is 2. The van der Waals surface area contributed by atoms with Crippen LogP contribution >= 0.6 is 0 Å². The predicted octanol–water partition coefficient (Wildman–Crippen LogP) is 6.40. The molecule has 2 aromatic rings. The Morgan fingerprint density at radius 1 is 0.864 bits per heavy atom. The zero-order valence-corrected chi connectivity index (χ0v) is 13.8. The maximum atomic E-state index is 13.9. The molecule has 22 heavy (non-hydrogen) atoms. The molecule has 0 amide bonds. The Hall–Kier alpha value is -1.63. The van der Waals surface area contributed by atoms with E-state index < -0.39 is 0 Å². The molecule has 1 aliphatic carbocycles. The summed E-state index contributed by atoms with van der Waals surface area (Å²) in [6.45, 7) is 6.16. The molecule has 1 aliphatic rings. The molecular formula is C21H25F. The van der Waals surface area contributed by atoms with Gasteiger partial charge in [-0.25, -0.2) is 4.39 Å². The summed E-state index contributed by atoms with van der Waals surface area (Å²) in [5.74, 6) is 1.48. The summed E-state index contributed by atoms with van der Waals surface area (Å²) < 4.78 is 13.9. The normalized spacial score (nSPS) is 21.8. The topological polar surface area (TPSA) is 0 Å². The Morgan fingerprint density at radius 2 is 1.50 bits per heavy atom. The number of rotatable bonds is 2. The van der Waals surface area contributed by atoms with Crippen LogP contribution in [0.4, 0.5) is 4.39 Å². The van der Waals surface area contributed by atoms with Gasteiger partial charge in [0.1, 0.15) is 5.82 Å². The fourth-order valence-corrected chi connectivity index (χ4v) is 3.52. The molecule has 1 heteroatoms. The molecule has 0 aliphatic heterocycles. The summed E-state index contributed by atoms with van der Waals surface area (Å²) in [7, 11) is 0. The minimum Gasteiger partial charge on any atom is -0.207 e. The van der Waals surface area contributed by atoms with E-state index in [2.05, 4.69) is 37.3 Å². The lowest BCUT2D eigenvalue weighted by Gasteiger charge is -2.26. The highest BCUT2D eigenvalue weighted by molar-refractivity contribution is 5.65. The first kappa shape index (κ1) is 15.3. The van der Waals surface area contributed by atoms with Crippen LogP contribution in [0.5, 0.6) is 0 Å². The van der Waals surface area contributed by atoms with Crippen LogP contribution in [0.2, 0.25) is 0 Å². The molecule has 0 radical (unpaired) electrons. The summed E-state index contributed by atoms with van der Waals surface area (Å²) in [5.41, 5.74) is 5.29. The molecule has 0 N–H and O–H groups in total. The van der Waals surface area contributed by atoms with Crippen LogP contribution in [0.15, 0.2) is 36.4 Å². The molecule has 2 aromatic carbocycles. The second kappa shape index (κ2) is 6.24. The third-order valence-corrected chi connectivity index (χ3v) is 5.34. The third-order valence-electron chi connectivity index (χ3n) is 5.34. The quantitative estimate of drug-likeness (QED) is 0.601. The smallest absolute Gasteiger partial charge is 0.126 e. The molecule has 1 saturated carbocycles. The van der Waals surface area contributed by atoms with Crippen molar-refractivity contribution in [1.29, 1.82) is 0 Å². The molecule has 116 valence electrons. The first-order valence-electron chi connectivity index (χ1n) is 8.41. The highest BCUT2D eigenvalue weighted by atomic mass is 19.1. The molecule has 0 bridgehead atoms. The minimum atomic E-state index is -0.111. The SMILES string of the molecule is Cc1cc(-c2ccc(C3CCC(C)CC3)cc2)cc(F)c1C. The lowest BCUT2D eigenvalue weighted by molar-refractivity contribution is 0.348. The van der Waals surface area contributed by atoms with E-state index in [0.717, 1.165) is 28.2 Å². The van der Waals surface area contributed by atoms with Crippen molar-refractivity contribution >= 4 is 0 Å². The van der Waals surface area contributed by atoms with Crippen LogP contribution in [0.1, 0.15) is 55.2 Å². The summed E-state index contributed by atoms with van der Waals surface area (Å²) in [5, 5.41) is 0. The van der Waals surface area contributed by atoms with Crippen LogP contribution in [0.3, 0.4) is 0 Å². The van der Waals surface area contributed by atoms with Gasteiger partial charge in [-0.15, -0.1) is 0 Å². The molecule has 0 saturated heterocycles. The molecular weight excluding hydrogens is 271 g/mol. The Bertz CT molecular complexity index is 623. The Labute approximate surface area is 133 Å². The molecule has 0 aromatic heterocycles. The molecule has 3 rings (SSSR count). The first-order valence-corrected chi connectivity index (χ1v) is 8.41. The molecule has 0 heterocycles. The zero-order valence-electron chi connectivity index (χ0n) is 13.8. The van der Waals surface area contributed by atoms with Crippen molar-refractivity contribution in [3.05, 3.63) is 58.9 Å². The highest BCUT2D eigenvalue weighted by Crippen LogP contribution is 2.36. The average Bonchev–Trinajstić information content (AvgIpc) is 2.53. The average molecular weight is 296 g/mol. The second-order valence-electron chi connectivity index (χ2n) is 6.98. The summed E-state index contributed by atoms with van der Waals surface area (Å²) >= 11 is 0. The van der Waals surface area contributed by atoms with Gasteiger partial charge in [0.2, 0.25) is 0 Å². The lowest BCUT2D eigenvalue weighted by Crippen LogP contribution is -2.10. The van der Waals surface area contributed by atoms with Gasteiger partial charge in [0.25, 0.3) is 0 Å². The van der Waals surface area contributed by atoms with Gasteiger partial charge >= 0.3 is 0 Å². The van der Waals surface area contributed by atoms with Gasteiger partial charge in [0.05, 0.1) is 0 Å². The summed E-state index contributed by atoms with van der Waals surface area (Å²) in [6.07, 6.45) is 5.29. The van der Waals surface area contributed by atoms with Crippen LogP contribution in [-0.4, -0.2) is 0 Å². The van der Waals surface area contributed by atoms with Crippen LogP contribution in [-0.2, 0) is 0 Å². The first-order chi connectivity index (χ1) is 10.5. The summed E-state index contributed by atoms with van der Waals surface area (Å²) in [4.78, 5) is 0. The van der Waals surface area contributed by atoms with Crippen molar-refractivity contribution in [2.45, 2.75) is 52.4 Å². The molecule has 0 spiro atoms. The Morgan fingerprint density at radius 3 is 2.09 bits per heavy atom. The third kappa shape index (κ3) is 3.09. The van der Waals surface area contributed by atoms with Gasteiger partial charge in [-0.3, -0.25) is 0 Å². The van der Waals surface area contributed by atoms with Crippen LogP contribution < -0.4 is 0 Å². The summed E-state index contributed by atoms with van der Waals surface area (Å²) in [6, 6.07) is 12.5. The van der Waals surface area contributed by atoms with Crippen LogP contribution in [0, 0.1) is 25.6 Å². The van der Waals surface area contributed by atoms with Crippen molar-refractivity contribution in [2.75, 3.05) is 0 Å². The number of halogens is 1. The van der Waals surface area contributed by atoms with Crippen molar-refractivity contribution in [2.24, 2.45) is 5.92 Å². The van der Waals surface area contributed by atoms with Gasteiger partial charge in [-0.1, -0.05) is 50.1 Å². The van der Waals surface area contributed by atoms with Crippen molar-refractivity contribution in [3.8, 4) is 11.1 Å². The second-order valence-corrected chi connectivity index (χ2v) is 6.98. The molecule has 1 fully saturated rings. The fourth-order valence-electron chi connectivity index (χ4n) is 3.52. The van der Waals surface area contributed by atoms with Gasteiger partial charge in [0.15, 0.2) is 0 Å². The highest BCUT2D eigenvalue weighted by Gasteiger charge is 2.19. The Balaban J connectivity index is 1.82. The zero-order chi connectivity index (χ0) is 15.7. The van der Waals surface area contributed by atoms with Gasteiger partial charge in [-0.2, -0.15) is 0 Å². The van der Waals surface area contributed by atoms with E-state index in [1.54, 1.807) is 6.07 Å². The number of hydrogen-bond acceptors (Lipinski definition) is 0. The largest absolute Gasteiger partial charge is 0.207 e. The minimum absolute atomic E-state index is 0.111. The van der Waals surface area contributed by atoms with Gasteiger partial charge in [0, 0.05) is 0 Å². The lowest BCUT2D eigenvalue weighted by atomic mass is 9.79. The molecule has 0 unspecified atom stereocenters. The van der Waals surface area contributed by atoms with Gasteiger partial charge in [-0.05, 0) is 72.4 Å². The van der Waals surface area contributed by atoms with E-state index in [1.807, 2.05) is 13.8 Å². The van der Waals surface area contributed by atoms with E-state index >= 15 is 0 Å². The van der Waals surface area contributed by atoms with Gasteiger partial charge < -0.3 is 0 Å². The van der Waals surface area contributed by atoms with E-state index in [0.29, 0.717) is 5.92 Å². The standard InChI is InChI=1S/C21H25F/c1-14-4-6-17(7-5-14)18-8-10-19(11-9-18)20-12-15(2)16(3)21(22)13-20/h8-14,17H,4-7H2,1-3H3. The Kier molecular flexibility index (Phi) is 4.33. The number of aryl methyl sites for hydroxylation is 1.